The summed E-state index contributed by atoms with van der Waals surface area (Å²) in [5.41, 5.74) is 7.26. The molecule has 0 spiro atoms. The van der Waals surface area contributed by atoms with E-state index < -0.39 is 0 Å². The zero-order valence-corrected chi connectivity index (χ0v) is 15.4. The molecule has 1 amide bonds. The summed E-state index contributed by atoms with van der Waals surface area (Å²) in [4.78, 5) is 17.2. The number of pyridine rings is 1. The van der Waals surface area contributed by atoms with Crippen molar-refractivity contribution in [2.24, 2.45) is 0 Å². The lowest BCUT2D eigenvalue weighted by Crippen LogP contribution is -2.21. The molecule has 1 N–H and O–H groups in total. The molecule has 0 radical (unpaired) electrons. The van der Waals surface area contributed by atoms with Crippen LogP contribution >= 0.6 is 0 Å². The van der Waals surface area contributed by atoms with E-state index in [1.165, 1.54) is 5.56 Å². The summed E-state index contributed by atoms with van der Waals surface area (Å²) >= 11 is 0. The fourth-order valence-electron chi connectivity index (χ4n) is 4.00. The number of aryl methyl sites for hydroxylation is 2. The molecule has 4 rings (SSSR count). The van der Waals surface area contributed by atoms with Gasteiger partial charge in [-0.25, -0.2) is 4.98 Å². The van der Waals surface area contributed by atoms with Crippen molar-refractivity contribution in [1.82, 2.24) is 24.5 Å². The topological polar surface area (TPSA) is 64.2 Å². The fourth-order valence-corrected chi connectivity index (χ4v) is 4.00. The molecule has 0 saturated heterocycles. The number of fused-ring (bicyclic) bond motifs is 3. The summed E-state index contributed by atoms with van der Waals surface area (Å²) in [5, 5.41) is 7.66. The van der Waals surface area contributed by atoms with Crippen LogP contribution in [0.3, 0.4) is 0 Å². The van der Waals surface area contributed by atoms with Crippen LogP contribution in [0.25, 0.3) is 5.65 Å². The van der Waals surface area contributed by atoms with Crippen molar-refractivity contribution >= 4 is 11.6 Å². The normalized spacial score (nSPS) is 17.0. The Morgan fingerprint density at radius 3 is 2.96 bits per heavy atom. The van der Waals surface area contributed by atoms with Crippen LogP contribution in [0, 0.1) is 20.8 Å². The maximum atomic E-state index is 12.4. The van der Waals surface area contributed by atoms with Gasteiger partial charge in [0.2, 0.25) is 5.91 Å². The van der Waals surface area contributed by atoms with E-state index in [-0.39, 0.29) is 11.8 Å². The summed E-state index contributed by atoms with van der Waals surface area (Å²) in [5.74, 6) is -0.0205. The molecule has 0 fully saturated rings. The van der Waals surface area contributed by atoms with E-state index in [0.717, 1.165) is 34.0 Å². The zero-order valence-electron chi connectivity index (χ0n) is 15.4. The second-order valence-corrected chi connectivity index (χ2v) is 6.96. The first kappa shape index (κ1) is 16.6. The minimum atomic E-state index is -0.0660. The van der Waals surface area contributed by atoms with E-state index in [1.54, 1.807) is 0 Å². The van der Waals surface area contributed by atoms with Crippen molar-refractivity contribution in [2.75, 3.05) is 0 Å². The molecule has 0 aromatic carbocycles. The van der Waals surface area contributed by atoms with E-state index in [2.05, 4.69) is 53.6 Å². The van der Waals surface area contributed by atoms with E-state index >= 15 is 0 Å². The second kappa shape index (κ2) is 6.12. The van der Waals surface area contributed by atoms with Gasteiger partial charge in [0.1, 0.15) is 5.65 Å². The monoisotopic (exact) mass is 349 g/mol. The van der Waals surface area contributed by atoms with Crippen molar-refractivity contribution in [2.45, 2.75) is 46.2 Å². The maximum absolute atomic E-state index is 12.4. The number of carbonyl (C=O) groups excluding carboxylic acids is 1. The number of nitrogens with zero attached hydrogens (tertiary/aromatic N) is 4. The Bertz CT molecular complexity index is 1030. The molecule has 0 unspecified atom stereocenters. The minimum Gasteiger partial charge on any atom is -0.350 e. The lowest BCUT2D eigenvalue weighted by atomic mass is 9.90. The predicted molar refractivity (Wildman–Crippen MR) is 100 cm³/mol. The molecular weight excluding hydrogens is 326 g/mol. The smallest absolute Gasteiger partial charge is 0.221 e. The van der Waals surface area contributed by atoms with E-state index in [0.29, 0.717) is 19.5 Å². The van der Waals surface area contributed by atoms with Crippen LogP contribution in [0.4, 0.5) is 0 Å². The number of rotatable bonds is 3. The molecule has 4 heterocycles. The Kier molecular flexibility index (Phi) is 3.90. The summed E-state index contributed by atoms with van der Waals surface area (Å²) in [7, 11) is 0. The maximum Gasteiger partial charge on any atom is 0.221 e. The number of aromatic nitrogens is 4. The van der Waals surface area contributed by atoms with Crippen molar-refractivity contribution in [3.63, 3.8) is 0 Å². The highest BCUT2D eigenvalue weighted by atomic mass is 16.1. The van der Waals surface area contributed by atoms with Gasteiger partial charge in [-0.05, 0) is 38.5 Å². The largest absolute Gasteiger partial charge is 0.350 e. The van der Waals surface area contributed by atoms with Gasteiger partial charge in [-0.15, -0.1) is 6.58 Å². The first-order valence-electron chi connectivity index (χ1n) is 8.88. The number of amides is 1. The van der Waals surface area contributed by atoms with Crippen LogP contribution in [-0.4, -0.2) is 25.1 Å². The quantitative estimate of drug-likeness (QED) is 0.740. The Balaban J connectivity index is 1.96. The van der Waals surface area contributed by atoms with Crippen molar-refractivity contribution < 1.29 is 4.79 Å². The number of nitrogens with one attached hydrogen (secondary N) is 1. The highest BCUT2D eigenvalue weighted by molar-refractivity contribution is 5.78. The fraction of sp³-hybridized carbons (Fsp3) is 0.350. The van der Waals surface area contributed by atoms with Gasteiger partial charge in [-0.3, -0.25) is 9.48 Å². The lowest BCUT2D eigenvalue weighted by Gasteiger charge is -2.16. The molecule has 0 aliphatic carbocycles. The molecule has 1 aliphatic rings. The zero-order chi connectivity index (χ0) is 18.4. The second-order valence-electron chi connectivity index (χ2n) is 6.96. The first-order valence-corrected chi connectivity index (χ1v) is 8.88. The third-order valence-corrected chi connectivity index (χ3v) is 5.16. The Morgan fingerprint density at radius 2 is 2.19 bits per heavy atom. The average Bonchev–Trinajstić information content (AvgIpc) is 3.03. The summed E-state index contributed by atoms with van der Waals surface area (Å²) in [6.45, 7) is 11.1. The van der Waals surface area contributed by atoms with Gasteiger partial charge in [-0.2, -0.15) is 5.10 Å². The van der Waals surface area contributed by atoms with Gasteiger partial charge in [0.15, 0.2) is 0 Å². The Hall–Kier alpha value is -2.89. The van der Waals surface area contributed by atoms with Crippen LogP contribution in [0.15, 0.2) is 31.0 Å². The van der Waals surface area contributed by atoms with E-state index in [4.69, 9.17) is 4.98 Å². The Morgan fingerprint density at radius 1 is 1.38 bits per heavy atom. The van der Waals surface area contributed by atoms with Gasteiger partial charge >= 0.3 is 0 Å². The molecule has 134 valence electrons. The molecule has 0 saturated carbocycles. The number of hydrogen-bond donors (Lipinski definition) is 1. The van der Waals surface area contributed by atoms with Gasteiger partial charge in [0.25, 0.3) is 0 Å². The number of imidazole rings is 1. The molecular formula is C20H23N5O. The van der Waals surface area contributed by atoms with Crippen molar-refractivity contribution in [3.8, 4) is 0 Å². The van der Waals surface area contributed by atoms with Crippen molar-refractivity contribution in [3.05, 3.63) is 64.9 Å². The number of hydrogen-bond acceptors (Lipinski definition) is 3. The molecule has 0 bridgehead atoms. The highest BCUT2D eigenvalue weighted by Gasteiger charge is 2.32. The van der Waals surface area contributed by atoms with Crippen LogP contribution in [0.1, 0.15) is 46.2 Å². The van der Waals surface area contributed by atoms with Gasteiger partial charge in [0, 0.05) is 29.8 Å². The first-order chi connectivity index (χ1) is 12.5. The van der Waals surface area contributed by atoms with Gasteiger partial charge in [0.05, 0.1) is 30.2 Å². The van der Waals surface area contributed by atoms with Crippen LogP contribution in [-0.2, 0) is 17.9 Å². The molecule has 1 aliphatic heterocycles. The minimum absolute atomic E-state index is 0.0455. The SMILES string of the molecule is C=CCn1nc(C)c([C@H]2CC(=O)NCc3nc4cc(C)ccn4c32)c1C. The van der Waals surface area contributed by atoms with Crippen LogP contribution in [0.2, 0.25) is 0 Å². The predicted octanol–water partition coefficient (Wildman–Crippen LogP) is 2.79. The molecule has 3 aromatic heterocycles. The summed E-state index contributed by atoms with van der Waals surface area (Å²) < 4.78 is 4.07. The number of carbonyl (C=O) groups is 1. The third kappa shape index (κ3) is 2.53. The summed E-state index contributed by atoms with van der Waals surface area (Å²) in [6.07, 6.45) is 4.29. The van der Waals surface area contributed by atoms with Gasteiger partial charge < -0.3 is 9.72 Å². The standard InChI is InChI=1S/C20H23N5O/c1-5-7-25-14(4)19(13(3)23-25)15-10-18(26)21-11-16-20(15)24-8-6-12(2)9-17(24)22-16/h5-6,8-9,15H,1,7,10-11H2,2-4H3,(H,21,26)/t15-/m1/s1. The highest BCUT2D eigenvalue weighted by Crippen LogP contribution is 2.36. The van der Waals surface area contributed by atoms with Crippen LogP contribution in [0.5, 0.6) is 0 Å². The molecule has 3 aromatic rings. The molecule has 26 heavy (non-hydrogen) atoms. The van der Waals surface area contributed by atoms with Crippen LogP contribution < -0.4 is 5.32 Å². The Labute approximate surface area is 152 Å². The van der Waals surface area contributed by atoms with Crippen molar-refractivity contribution in [1.29, 1.82) is 0 Å². The lowest BCUT2D eigenvalue weighted by molar-refractivity contribution is -0.121. The summed E-state index contributed by atoms with van der Waals surface area (Å²) in [6, 6.07) is 4.15. The van der Waals surface area contributed by atoms with E-state index in [9.17, 15) is 4.79 Å². The average molecular weight is 349 g/mol. The molecule has 6 heteroatoms. The molecule has 1 atom stereocenters. The number of allylic oxidation sites excluding steroid dienone is 1. The third-order valence-electron chi connectivity index (χ3n) is 5.16. The van der Waals surface area contributed by atoms with E-state index in [1.807, 2.05) is 17.7 Å². The molecule has 6 nitrogen and oxygen atoms in total. The van der Waals surface area contributed by atoms with Gasteiger partial charge in [-0.1, -0.05) is 6.08 Å².